The fourth-order valence-corrected chi connectivity index (χ4v) is 3.97. The molecule has 0 unspecified atom stereocenters. The summed E-state index contributed by atoms with van der Waals surface area (Å²) in [5.41, 5.74) is 0.731. The molecule has 3 aliphatic rings. The third-order valence-electron chi connectivity index (χ3n) is 5.02. The second kappa shape index (κ2) is 5.37. The maximum Gasteiger partial charge on any atom is 0.327 e. The minimum absolute atomic E-state index is 0.0679. The summed E-state index contributed by atoms with van der Waals surface area (Å²) in [5, 5.41) is 0.0926. The molecule has 2 atom stereocenters. The molecule has 1 aromatic rings. The lowest BCUT2D eigenvalue weighted by Crippen LogP contribution is -2.43. The number of halogens is 2. The van der Waals surface area contributed by atoms with Crippen LogP contribution >= 0.6 is 11.6 Å². The van der Waals surface area contributed by atoms with Crippen molar-refractivity contribution >= 4 is 29.2 Å². The average Bonchev–Trinajstić information content (AvgIpc) is 3.22. The van der Waals surface area contributed by atoms with Crippen LogP contribution in [-0.2, 0) is 4.79 Å². The molecule has 3 heterocycles. The Morgan fingerprint density at radius 1 is 1.17 bits per heavy atom. The molecule has 122 valence electrons. The van der Waals surface area contributed by atoms with Gasteiger partial charge in [-0.3, -0.25) is 9.69 Å². The normalized spacial score (nSPS) is 27.3. The number of fused-ring (bicyclic) bond motifs is 1. The summed E-state index contributed by atoms with van der Waals surface area (Å²) >= 11 is 5.72. The Morgan fingerprint density at radius 2 is 2.00 bits per heavy atom. The van der Waals surface area contributed by atoms with Crippen LogP contribution in [0.3, 0.4) is 0 Å². The van der Waals surface area contributed by atoms with Crippen molar-refractivity contribution in [1.29, 1.82) is 0 Å². The maximum absolute atomic E-state index is 13.6. The van der Waals surface area contributed by atoms with E-state index in [4.69, 9.17) is 11.6 Å². The summed E-state index contributed by atoms with van der Waals surface area (Å²) in [5.74, 6) is -0.525. The van der Waals surface area contributed by atoms with E-state index in [0.29, 0.717) is 26.1 Å². The highest BCUT2D eigenvalue weighted by molar-refractivity contribution is 6.30. The highest BCUT2D eigenvalue weighted by atomic mass is 35.5. The summed E-state index contributed by atoms with van der Waals surface area (Å²) in [6.07, 6.45) is 2.37. The Labute approximate surface area is 138 Å². The molecule has 7 heteroatoms. The van der Waals surface area contributed by atoms with Crippen LogP contribution in [0, 0.1) is 5.82 Å². The molecule has 0 saturated carbocycles. The van der Waals surface area contributed by atoms with Crippen molar-refractivity contribution in [3.63, 3.8) is 0 Å². The SMILES string of the molecule is O=C1[C@H]2CCCN2C(=O)N1[C@H]1CCN(c2ccc(Cl)c(F)c2)C1. The van der Waals surface area contributed by atoms with E-state index in [2.05, 4.69) is 0 Å². The molecular weight excluding hydrogens is 321 g/mol. The Balaban J connectivity index is 1.51. The minimum atomic E-state index is -0.457. The van der Waals surface area contributed by atoms with E-state index in [1.165, 1.54) is 17.0 Å². The largest absolute Gasteiger partial charge is 0.369 e. The number of hydrogen-bond acceptors (Lipinski definition) is 3. The first-order valence-electron chi connectivity index (χ1n) is 7.90. The Kier molecular flexibility index (Phi) is 3.44. The van der Waals surface area contributed by atoms with Crippen molar-refractivity contribution in [1.82, 2.24) is 9.80 Å². The fourth-order valence-electron chi connectivity index (χ4n) is 3.85. The lowest BCUT2D eigenvalue weighted by Gasteiger charge is -2.24. The lowest BCUT2D eigenvalue weighted by atomic mass is 10.2. The van der Waals surface area contributed by atoms with Gasteiger partial charge in [-0.05, 0) is 37.5 Å². The van der Waals surface area contributed by atoms with E-state index in [0.717, 1.165) is 18.5 Å². The quantitative estimate of drug-likeness (QED) is 0.779. The summed E-state index contributed by atoms with van der Waals surface area (Å²) in [6.45, 7) is 1.90. The van der Waals surface area contributed by atoms with Crippen LogP contribution in [0.5, 0.6) is 0 Å². The molecule has 4 rings (SSSR count). The Hall–Kier alpha value is -1.82. The number of benzene rings is 1. The number of rotatable bonds is 2. The standard InChI is InChI=1S/C16H17ClFN3O2/c17-12-4-3-10(8-13(12)18)19-7-5-11(9-19)21-15(22)14-2-1-6-20(14)16(21)23/h3-4,8,11,14H,1-2,5-7,9H2/t11-,14+/m0/s1. The van der Waals surface area contributed by atoms with Gasteiger partial charge in [-0.25, -0.2) is 9.18 Å². The van der Waals surface area contributed by atoms with Gasteiger partial charge >= 0.3 is 6.03 Å². The van der Waals surface area contributed by atoms with Crippen LogP contribution < -0.4 is 4.90 Å². The molecule has 23 heavy (non-hydrogen) atoms. The molecule has 0 spiro atoms. The monoisotopic (exact) mass is 337 g/mol. The molecule has 0 bridgehead atoms. The zero-order valence-corrected chi connectivity index (χ0v) is 13.3. The van der Waals surface area contributed by atoms with Crippen LogP contribution in [0.25, 0.3) is 0 Å². The van der Waals surface area contributed by atoms with Gasteiger partial charge in [0, 0.05) is 25.3 Å². The zero-order valence-electron chi connectivity index (χ0n) is 12.5. The molecule has 0 aliphatic carbocycles. The first kappa shape index (κ1) is 14.8. The van der Waals surface area contributed by atoms with Crippen LogP contribution in [-0.4, -0.2) is 53.5 Å². The second-order valence-electron chi connectivity index (χ2n) is 6.33. The Morgan fingerprint density at radius 3 is 2.74 bits per heavy atom. The first-order chi connectivity index (χ1) is 11.1. The summed E-state index contributed by atoms with van der Waals surface area (Å²) in [6, 6.07) is 4.13. The molecule has 0 aromatic heterocycles. The van der Waals surface area contributed by atoms with E-state index < -0.39 is 5.82 Å². The van der Waals surface area contributed by atoms with Crippen molar-refractivity contribution in [3.8, 4) is 0 Å². The van der Waals surface area contributed by atoms with E-state index in [9.17, 15) is 14.0 Å². The van der Waals surface area contributed by atoms with Crippen molar-refractivity contribution < 1.29 is 14.0 Å². The number of amides is 3. The van der Waals surface area contributed by atoms with Crippen molar-refractivity contribution in [2.75, 3.05) is 24.5 Å². The fraction of sp³-hybridized carbons (Fsp3) is 0.500. The summed E-state index contributed by atoms with van der Waals surface area (Å²) < 4.78 is 13.6. The summed E-state index contributed by atoms with van der Waals surface area (Å²) in [7, 11) is 0. The smallest absolute Gasteiger partial charge is 0.327 e. The van der Waals surface area contributed by atoms with Gasteiger partial charge in [0.1, 0.15) is 11.9 Å². The van der Waals surface area contributed by atoms with E-state index in [1.807, 2.05) is 4.90 Å². The number of urea groups is 1. The molecular formula is C16H17ClFN3O2. The number of imide groups is 1. The van der Waals surface area contributed by atoms with E-state index in [-0.39, 0.29) is 29.0 Å². The molecule has 3 saturated heterocycles. The van der Waals surface area contributed by atoms with Crippen molar-refractivity contribution in [2.24, 2.45) is 0 Å². The molecule has 5 nitrogen and oxygen atoms in total. The third-order valence-corrected chi connectivity index (χ3v) is 5.33. The predicted octanol–water partition coefficient (Wildman–Crippen LogP) is 2.48. The van der Waals surface area contributed by atoms with Gasteiger partial charge in [0.15, 0.2) is 0 Å². The number of nitrogens with zero attached hydrogens (tertiary/aromatic N) is 3. The zero-order chi connectivity index (χ0) is 16.1. The van der Waals surface area contributed by atoms with Crippen LogP contribution in [0.4, 0.5) is 14.9 Å². The van der Waals surface area contributed by atoms with Crippen LogP contribution in [0.1, 0.15) is 19.3 Å². The van der Waals surface area contributed by atoms with Gasteiger partial charge in [-0.15, -0.1) is 0 Å². The van der Waals surface area contributed by atoms with Gasteiger partial charge in [0.05, 0.1) is 11.1 Å². The van der Waals surface area contributed by atoms with Crippen molar-refractivity contribution in [3.05, 3.63) is 29.0 Å². The third kappa shape index (κ3) is 2.27. The number of carbonyl (C=O) groups excluding carboxylic acids is 2. The van der Waals surface area contributed by atoms with Crippen LogP contribution in [0.2, 0.25) is 5.02 Å². The minimum Gasteiger partial charge on any atom is -0.369 e. The first-order valence-corrected chi connectivity index (χ1v) is 8.28. The summed E-state index contributed by atoms with van der Waals surface area (Å²) in [4.78, 5) is 30.1. The molecule has 0 radical (unpaired) electrons. The predicted molar refractivity (Wildman–Crippen MR) is 84.0 cm³/mol. The van der Waals surface area contributed by atoms with Crippen molar-refractivity contribution in [2.45, 2.75) is 31.3 Å². The topological polar surface area (TPSA) is 43.9 Å². The highest BCUT2D eigenvalue weighted by Gasteiger charge is 2.50. The maximum atomic E-state index is 13.6. The highest BCUT2D eigenvalue weighted by Crippen LogP contribution is 2.32. The van der Waals surface area contributed by atoms with Crippen LogP contribution in [0.15, 0.2) is 18.2 Å². The number of hydrogen-bond donors (Lipinski definition) is 0. The Bertz CT molecular complexity index is 661. The number of anilines is 1. The molecule has 1 aromatic carbocycles. The number of carbonyl (C=O) groups is 2. The van der Waals surface area contributed by atoms with Gasteiger partial charge in [-0.2, -0.15) is 0 Å². The van der Waals surface area contributed by atoms with Gasteiger partial charge in [-0.1, -0.05) is 11.6 Å². The lowest BCUT2D eigenvalue weighted by molar-refractivity contribution is -0.129. The van der Waals surface area contributed by atoms with E-state index in [1.54, 1.807) is 11.0 Å². The molecule has 3 aliphatic heterocycles. The van der Waals surface area contributed by atoms with Gasteiger partial charge in [0.2, 0.25) is 0 Å². The van der Waals surface area contributed by atoms with Gasteiger partial charge in [0.25, 0.3) is 5.91 Å². The van der Waals surface area contributed by atoms with E-state index >= 15 is 0 Å². The molecule has 3 amide bonds. The molecule has 3 fully saturated rings. The average molecular weight is 338 g/mol. The molecule has 0 N–H and O–H groups in total. The second-order valence-corrected chi connectivity index (χ2v) is 6.74. The van der Waals surface area contributed by atoms with Gasteiger partial charge < -0.3 is 9.80 Å².